The van der Waals surface area contributed by atoms with Crippen LogP contribution in [0.5, 0.6) is 11.5 Å². The highest BCUT2D eigenvalue weighted by Gasteiger charge is 2.16. The molecule has 0 aliphatic rings. The van der Waals surface area contributed by atoms with Crippen LogP contribution in [0.3, 0.4) is 0 Å². The van der Waals surface area contributed by atoms with E-state index in [1.807, 2.05) is 0 Å². The van der Waals surface area contributed by atoms with Gasteiger partial charge in [-0.2, -0.15) is 0 Å². The minimum absolute atomic E-state index is 0.0294. The molecule has 0 spiro atoms. The van der Waals surface area contributed by atoms with Crippen LogP contribution in [0.25, 0.3) is 6.08 Å². The second-order valence-electron chi connectivity index (χ2n) is 8.81. The number of anilines is 1. The summed E-state index contributed by atoms with van der Waals surface area (Å²) in [6.07, 6.45) is 1.55. The smallest absolute Gasteiger partial charge is 0.272 e. The van der Waals surface area contributed by atoms with Gasteiger partial charge in [-0.15, -0.1) is 11.8 Å². The van der Waals surface area contributed by atoms with E-state index < -0.39 is 11.8 Å². The van der Waals surface area contributed by atoms with Crippen LogP contribution in [0.15, 0.2) is 102 Å². The lowest BCUT2D eigenvalue weighted by molar-refractivity contribution is -0.113. The van der Waals surface area contributed by atoms with Gasteiger partial charge in [0.15, 0.2) is 17.3 Å². The van der Waals surface area contributed by atoms with Crippen LogP contribution in [0.2, 0.25) is 10.0 Å². The summed E-state index contributed by atoms with van der Waals surface area (Å²) in [6.45, 7) is 0. The fraction of sp³-hybridized carbons (Fsp3) is 0.0938. The van der Waals surface area contributed by atoms with Crippen LogP contribution < -0.4 is 20.1 Å². The molecule has 42 heavy (non-hydrogen) atoms. The monoisotopic (exact) mass is 620 g/mol. The van der Waals surface area contributed by atoms with E-state index in [-0.39, 0.29) is 17.2 Å². The Labute approximate surface area is 257 Å². The van der Waals surface area contributed by atoms with Gasteiger partial charge in [-0.25, -0.2) is 0 Å². The lowest BCUT2D eigenvalue weighted by atomic mass is 10.1. The molecule has 0 saturated heterocycles. The molecule has 2 amide bonds. The molecule has 0 heterocycles. The van der Waals surface area contributed by atoms with Gasteiger partial charge in [-0.3, -0.25) is 14.4 Å². The van der Waals surface area contributed by atoms with Crippen molar-refractivity contribution in [1.29, 1.82) is 0 Å². The number of nitrogens with one attached hydrogen (secondary N) is 2. The molecule has 4 rings (SSSR count). The Morgan fingerprint density at radius 2 is 1.50 bits per heavy atom. The largest absolute Gasteiger partial charge is 0.493 e. The van der Waals surface area contributed by atoms with Crippen LogP contribution in [-0.2, 0) is 4.79 Å². The van der Waals surface area contributed by atoms with Crippen LogP contribution >= 0.6 is 35.0 Å². The summed E-state index contributed by atoms with van der Waals surface area (Å²) in [6, 6.07) is 25.6. The van der Waals surface area contributed by atoms with Crippen LogP contribution in [0.4, 0.5) is 5.69 Å². The molecule has 0 aromatic heterocycles. The molecular weight excluding hydrogens is 595 g/mol. The number of amides is 2. The SMILES string of the molecule is COc1ccc(/C=C(\NC(=O)c2ccccc2)C(=O)Nc2ccc(SCC(=O)c3ccc(Cl)c(Cl)c3)cc2)cc1OC. The molecule has 2 N–H and O–H groups in total. The zero-order valence-corrected chi connectivity index (χ0v) is 25.0. The van der Waals surface area contributed by atoms with Crippen molar-refractivity contribution in [3.05, 3.63) is 123 Å². The number of carbonyl (C=O) groups excluding carboxylic acids is 3. The molecule has 0 fully saturated rings. The average Bonchev–Trinajstić information content (AvgIpc) is 3.01. The molecule has 0 saturated carbocycles. The number of ketones is 1. The predicted molar refractivity (Wildman–Crippen MR) is 168 cm³/mol. The number of ether oxygens (including phenoxy) is 2. The Morgan fingerprint density at radius 1 is 0.786 bits per heavy atom. The molecule has 4 aromatic carbocycles. The van der Waals surface area contributed by atoms with E-state index in [1.54, 1.807) is 97.1 Å². The first-order valence-corrected chi connectivity index (χ1v) is 14.3. The zero-order chi connectivity index (χ0) is 30.1. The second-order valence-corrected chi connectivity index (χ2v) is 10.7. The standard InChI is InChI=1S/C32H26Cl2N2O5S/c1-40-29-15-8-20(17-30(29)41-2)16-27(36-31(38)21-6-4-3-5-7-21)32(39)35-23-10-12-24(13-11-23)42-19-28(37)22-9-14-25(33)26(34)18-22/h3-18H,19H2,1-2H3,(H,35,39)(H,36,38)/b27-16-. The summed E-state index contributed by atoms with van der Waals surface area (Å²) >= 11 is 13.3. The molecule has 0 bridgehead atoms. The Morgan fingerprint density at radius 3 is 2.17 bits per heavy atom. The van der Waals surface area contributed by atoms with E-state index in [0.29, 0.717) is 43.9 Å². The van der Waals surface area contributed by atoms with E-state index in [0.717, 1.165) is 4.90 Å². The highest BCUT2D eigenvalue weighted by molar-refractivity contribution is 8.00. The third-order valence-corrected chi connectivity index (χ3v) is 7.72. The van der Waals surface area contributed by atoms with E-state index >= 15 is 0 Å². The highest BCUT2D eigenvalue weighted by atomic mass is 35.5. The van der Waals surface area contributed by atoms with Crippen LogP contribution in [0, 0.1) is 0 Å². The maximum absolute atomic E-state index is 13.3. The van der Waals surface area contributed by atoms with Gasteiger partial charge in [0.25, 0.3) is 11.8 Å². The number of benzene rings is 4. The van der Waals surface area contributed by atoms with Crippen molar-refractivity contribution < 1.29 is 23.9 Å². The fourth-order valence-corrected chi connectivity index (χ4v) is 4.88. The number of halogens is 2. The van der Waals surface area contributed by atoms with Gasteiger partial charge in [-0.05, 0) is 78.4 Å². The molecule has 0 atom stereocenters. The van der Waals surface area contributed by atoms with Gasteiger partial charge in [0.1, 0.15) is 5.70 Å². The summed E-state index contributed by atoms with van der Waals surface area (Å²) in [5.74, 6) is 0.166. The number of hydrogen-bond acceptors (Lipinski definition) is 6. The third-order valence-electron chi connectivity index (χ3n) is 5.97. The van der Waals surface area contributed by atoms with Gasteiger partial charge in [0.05, 0.1) is 30.0 Å². The minimum Gasteiger partial charge on any atom is -0.493 e. The number of carbonyl (C=O) groups is 3. The highest BCUT2D eigenvalue weighted by Crippen LogP contribution is 2.29. The zero-order valence-electron chi connectivity index (χ0n) is 22.7. The molecule has 0 aliphatic carbocycles. The number of methoxy groups -OCH3 is 2. The molecular formula is C32H26Cl2N2O5S. The molecule has 0 radical (unpaired) electrons. The fourth-order valence-electron chi connectivity index (χ4n) is 3.79. The third kappa shape index (κ3) is 8.16. The first-order valence-electron chi connectivity index (χ1n) is 12.6. The van der Waals surface area contributed by atoms with Crippen LogP contribution in [0.1, 0.15) is 26.3 Å². The van der Waals surface area contributed by atoms with Gasteiger partial charge < -0.3 is 20.1 Å². The predicted octanol–water partition coefficient (Wildman–Crippen LogP) is 7.40. The summed E-state index contributed by atoms with van der Waals surface area (Å²) in [7, 11) is 3.05. The average molecular weight is 622 g/mol. The first-order chi connectivity index (χ1) is 20.3. The number of hydrogen-bond donors (Lipinski definition) is 2. The van der Waals surface area contributed by atoms with E-state index in [4.69, 9.17) is 32.7 Å². The molecule has 0 unspecified atom stereocenters. The van der Waals surface area contributed by atoms with E-state index in [2.05, 4.69) is 10.6 Å². The van der Waals surface area contributed by atoms with E-state index in [9.17, 15) is 14.4 Å². The lowest BCUT2D eigenvalue weighted by Gasteiger charge is -2.13. The maximum atomic E-state index is 13.3. The van der Waals surface area contributed by atoms with Gasteiger partial charge >= 0.3 is 0 Å². The molecule has 7 nitrogen and oxygen atoms in total. The maximum Gasteiger partial charge on any atom is 0.272 e. The van der Waals surface area contributed by atoms with Crippen molar-refractivity contribution in [3.8, 4) is 11.5 Å². The Balaban J connectivity index is 1.48. The topological polar surface area (TPSA) is 93.7 Å². The van der Waals surface area contributed by atoms with Gasteiger partial charge in [0.2, 0.25) is 0 Å². The summed E-state index contributed by atoms with van der Waals surface area (Å²) in [5, 5.41) is 6.25. The minimum atomic E-state index is -0.524. The first kappa shape index (κ1) is 30.7. The Hall–Kier alpha value is -4.24. The molecule has 214 valence electrons. The van der Waals surface area contributed by atoms with Crippen molar-refractivity contribution in [2.75, 3.05) is 25.3 Å². The van der Waals surface area contributed by atoms with Crippen molar-refractivity contribution >= 4 is 64.3 Å². The van der Waals surface area contributed by atoms with Crippen molar-refractivity contribution in [1.82, 2.24) is 5.32 Å². The summed E-state index contributed by atoms with van der Waals surface area (Å²) in [4.78, 5) is 39.6. The molecule has 0 aliphatic heterocycles. The normalized spacial score (nSPS) is 11.0. The lowest BCUT2D eigenvalue weighted by Crippen LogP contribution is -2.30. The summed E-state index contributed by atoms with van der Waals surface area (Å²) in [5.41, 5.74) is 2.03. The Kier molecular flexibility index (Phi) is 10.7. The quantitative estimate of drug-likeness (QED) is 0.103. The van der Waals surface area contributed by atoms with Crippen molar-refractivity contribution in [2.24, 2.45) is 0 Å². The van der Waals surface area contributed by atoms with Crippen molar-refractivity contribution in [2.45, 2.75) is 4.90 Å². The van der Waals surface area contributed by atoms with Gasteiger partial charge in [0, 0.05) is 21.7 Å². The molecule has 10 heteroatoms. The Bertz CT molecular complexity index is 1630. The van der Waals surface area contributed by atoms with Crippen molar-refractivity contribution in [3.63, 3.8) is 0 Å². The van der Waals surface area contributed by atoms with E-state index in [1.165, 1.54) is 26.0 Å². The molecule has 4 aromatic rings. The number of rotatable bonds is 11. The summed E-state index contributed by atoms with van der Waals surface area (Å²) < 4.78 is 10.7. The number of Topliss-reactive ketones (excluding diaryl/α,β-unsaturated/α-hetero) is 1. The van der Waals surface area contributed by atoms with Gasteiger partial charge in [-0.1, -0.05) is 47.5 Å². The second kappa shape index (κ2) is 14.6. The van der Waals surface area contributed by atoms with Crippen LogP contribution in [-0.4, -0.2) is 37.6 Å². The number of thioether (sulfide) groups is 1.